The molecule has 0 aliphatic heterocycles. The Labute approximate surface area is 116 Å². The molecule has 0 aliphatic rings. The predicted octanol–water partition coefficient (Wildman–Crippen LogP) is 2.55. The third-order valence-corrected chi connectivity index (χ3v) is 2.84. The van der Waals surface area contributed by atoms with E-state index >= 15 is 0 Å². The summed E-state index contributed by atoms with van der Waals surface area (Å²) < 4.78 is 10.8. The summed E-state index contributed by atoms with van der Waals surface area (Å²) in [6, 6.07) is 12.0. The highest BCUT2D eigenvalue weighted by molar-refractivity contribution is 5.93. The Bertz CT molecular complexity index is 625. The van der Waals surface area contributed by atoms with Crippen molar-refractivity contribution >= 4 is 11.7 Å². The van der Waals surface area contributed by atoms with Crippen LogP contribution in [0.2, 0.25) is 0 Å². The third-order valence-electron chi connectivity index (χ3n) is 2.84. The molecular weight excluding hydrogens is 258 g/mol. The molecule has 2 aromatic rings. The zero-order valence-electron chi connectivity index (χ0n) is 11.0. The first-order valence-electron chi connectivity index (χ1n) is 6.00. The Morgan fingerprint density at radius 2 is 1.95 bits per heavy atom. The van der Waals surface area contributed by atoms with E-state index in [-0.39, 0.29) is 17.9 Å². The molecule has 0 amide bonds. The van der Waals surface area contributed by atoms with Gasteiger partial charge in [-0.05, 0) is 18.2 Å². The summed E-state index contributed by atoms with van der Waals surface area (Å²) in [5.41, 5.74) is 6.92. The lowest BCUT2D eigenvalue weighted by Crippen LogP contribution is -2.06. The van der Waals surface area contributed by atoms with E-state index in [1.807, 2.05) is 24.3 Å². The highest BCUT2D eigenvalue weighted by Gasteiger charge is 2.14. The van der Waals surface area contributed by atoms with Gasteiger partial charge in [-0.1, -0.05) is 24.3 Å². The molecule has 20 heavy (non-hydrogen) atoms. The number of methoxy groups -OCH3 is 1. The monoisotopic (exact) mass is 273 g/mol. The van der Waals surface area contributed by atoms with Gasteiger partial charge in [0.25, 0.3) is 0 Å². The van der Waals surface area contributed by atoms with E-state index < -0.39 is 5.97 Å². The summed E-state index contributed by atoms with van der Waals surface area (Å²) in [6.45, 7) is 0.179. The normalized spacial score (nSPS) is 10.1. The Morgan fingerprint density at radius 3 is 2.65 bits per heavy atom. The number of carboxylic acids is 1. The molecule has 0 radical (unpaired) electrons. The van der Waals surface area contributed by atoms with Gasteiger partial charge in [0.2, 0.25) is 0 Å². The Balaban J connectivity index is 2.25. The smallest absolute Gasteiger partial charge is 0.339 e. The lowest BCUT2D eigenvalue weighted by atomic mass is 10.1. The van der Waals surface area contributed by atoms with E-state index in [4.69, 9.17) is 20.3 Å². The quantitative estimate of drug-likeness (QED) is 0.818. The van der Waals surface area contributed by atoms with Gasteiger partial charge in [-0.25, -0.2) is 4.79 Å². The van der Waals surface area contributed by atoms with Gasteiger partial charge in [0.05, 0.1) is 12.8 Å². The number of aromatic carboxylic acids is 1. The highest BCUT2D eigenvalue weighted by atomic mass is 16.5. The Morgan fingerprint density at radius 1 is 1.20 bits per heavy atom. The molecular formula is C15H15NO4. The van der Waals surface area contributed by atoms with Gasteiger partial charge in [-0.15, -0.1) is 0 Å². The summed E-state index contributed by atoms with van der Waals surface area (Å²) >= 11 is 0. The minimum absolute atomic E-state index is 0.0416. The van der Waals surface area contributed by atoms with Gasteiger partial charge in [-0.3, -0.25) is 0 Å². The van der Waals surface area contributed by atoms with Crippen molar-refractivity contribution in [1.82, 2.24) is 0 Å². The van der Waals surface area contributed by atoms with E-state index in [1.54, 1.807) is 19.2 Å². The number of benzene rings is 2. The maximum atomic E-state index is 11.1. The summed E-state index contributed by atoms with van der Waals surface area (Å²) in [4.78, 5) is 11.1. The predicted molar refractivity (Wildman–Crippen MR) is 75.1 cm³/mol. The molecule has 104 valence electrons. The molecule has 2 aromatic carbocycles. The van der Waals surface area contributed by atoms with Crippen LogP contribution in [0.1, 0.15) is 15.9 Å². The van der Waals surface area contributed by atoms with Crippen molar-refractivity contribution in [2.75, 3.05) is 12.8 Å². The van der Waals surface area contributed by atoms with Crippen molar-refractivity contribution in [2.45, 2.75) is 6.61 Å². The van der Waals surface area contributed by atoms with Gasteiger partial charge >= 0.3 is 5.97 Å². The number of nitrogens with two attached hydrogens (primary N) is 1. The van der Waals surface area contributed by atoms with Crippen molar-refractivity contribution in [3.05, 3.63) is 53.6 Å². The number of nitrogen functional groups attached to an aromatic ring is 1. The average Bonchev–Trinajstić information content (AvgIpc) is 2.46. The summed E-state index contributed by atoms with van der Waals surface area (Å²) in [5.74, 6) is -0.225. The van der Waals surface area contributed by atoms with Crippen LogP contribution < -0.4 is 15.2 Å². The molecule has 0 saturated carbocycles. The summed E-state index contributed by atoms with van der Waals surface area (Å²) in [7, 11) is 1.57. The summed E-state index contributed by atoms with van der Waals surface area (Å²) in [6.07, 6.45) is 0. The number of para-hydroxylation sites is 2. The number of carbonyl (C=O) groups is 1. The molecule has 0 fully saturated rings. The van der Waals surface area contributed by atoms with Crippen molar-refractivity contribution in [1.29, 1.82) is 0 Å². The van der Waals surface area contributed by atoms with E-state index in [1.165, 1.54) is 6.07 Å². The van der Waals surface area contributed by atoms with Gasteiger partial charge in [0, 0.05) is 5.56 Å². The number of hydrogen-bond donors (Lipinski definition) is 2. The molecule has 5 nitrogen and oxygen atoms in total. The molecule has 0 aliphatic carbocycles. The van der Waals surface area contributed by atoms with E-state index in [2.05, 4.69) is 0 Å². The lowest BCUT2D eigenvalue weighted by molar-refractivity contribution is 0.0692. The molecule has 5 heteroatoms. The second-order valence-electron chi connectivity index (χ2n) is 4.13. The van der Waals surface area contributed by atoms with Crippen LogP contribution in [-0.4, -0.2) is 18.2 Å². The minimum Gasteiger partial charge on any atom is -0.496 e. The van der Waals surface area contributed by atoms with Crippen molar-refractivity contribution < 1.29 is 19.4 Å². The topological polar surface area (TPSA) is 81.8 Å². The molecule has 0 saturated heterocycles. The maximum absolute atomic E-state index is 11.1. The molecule has 0 aromatic heterocycles. The number of hydrogen-bond acceptors (Lipinski definition) is 4. The van der Waals surface area contributed by atoms with Crippen LogP contribution in [0.3, 0.4) is 0 Å². The van der Waals surface area contributed by atoms with Crippen LogP contribution in [0.15, 0.2) is 42.5 Å². The Kier molecular flexibility index (Phi) is 4.10. The second kappa shape index (κ2) is 5.97. The Hall–Kier alpha value is -2.69. The molecule has 0 bridgehead atoms. The first-order chi connectivity index (χ1) is 9.63. The number of ether oxygens (including phenoxy) is 2. The van der Waals surface area contributed by atoms with E-state index in [0.717, 1.165) is 5.56 Å². The van der Waals surface area contributed by atoms with Gasteiger partial charge in [0.1, 0.15) is 17.9 Å². The SMILES string of the molecule is COc1ccccc1COc1c(N)cccc1C(=O)O. The van der Waals surface area contributed by atoms with Gasteiger partial charge < -0.3 is 20.3 Å². The molecule has 0 atom stereocenters. The molecule has 3 N–H and O–H groups in total. The van der Waals surface area contributed by atoms with Crippen LogP contribution in [0, 0.1) is 0 Å². The first-order valence-corrected chi connectivity index (χ1v) is 6.00. The molecule has 0 unspecified atom stereocenters. The van der Waals surface area contributed by atoms with Crippen molar-refractivity contribution in [3.8, 4) is 11.5 Å². The minimum atomic E-state index is -1.08. The average molecular weight is 273 g/mol. The zero-order chi connectivity index (χ0) is 14.5. The van der Waals surface area contributed by atoms with Gasteiger partial charge in [0.15, 0.2) is 5.75 Å². The first kappa shape index (κ1) is 13.7. The standard InChI is InChI=1S/C15H15NO4/c1-19-13-8-3-2-5-10(13)9-20-14-11(15(17)18)6-4-7-12(14)16/h2-8H,9,16H2,1H3,(H,17,18). The van der Waals surface area contributed by atoms with Crippen molar-refractivity contribution in [3.63, 3.8) is 0 Å². The van der Waals surface area contributed by atoms with Crippen molar-refractivity contribution in [2.24, 2.45) is 0 Å². The van der Waals surface area contributed by atoms with Crippen LogP contribution in [0.4, 0.5) is 5.69 Å². The van der Waals surface area contributed by atoms with E-state index in [9.17, 15) is 4.79 Å². The van der Waals surface area contributed by atoms with Gasteiger partial charge in [-0.2, -0.15) is 0 Å². The second-order valence-corrected chi connectivity index (χ2v) is 4.13. The van der Waals surface area contributed by atoms with Crippen LogP contribution >= 0.6 is 0 Å². The van der Waals surface area contributed by atoms with Crippen LogP contribution in [-0.2, 0) is 6.61 Å². The van der Waals surface area contributed by atoms with Crippen LogP contribution in [0.5, 0.6) is 11.5 Å². The van der Waals surface area contributed by atoms with E-state index in [0.29, 0.717) is 11.4 Å². The maximum Gasteiger partial charge on any atom is 0.339 e. The fraction of sp³-hybridized carbons (Fsp3) is 0.133. The lowest BCUT2D eigenvalue weighted by Gasteiger charge is -2.13. The zero-order valence-corrected chi connectivity index (χ0v) is 11.0. The number of carboxylic acid groups (broad SMARTS) is 1. The fourth-order valence-electron chi connectivity index (χ4n) is 1.86. The molecule has 0 heterocycles. The molecule has 0 spiro atoms. The van der Waals surface area contributed by atoms with Crippen LogP contribution in [0.25, 0.3) is 0 Å². The molecule has 2 rings (SSSR count). The fourth-order valence-corrected chi connectivity index (χ4v) is 1.86. The number of anilines is 1. The largest absolute Gasteiger partial charge is 0.496 e. The highest BCUT2D eigenvalue weighted by Crippen LogP contribution is 2.28. The number of rotatable bonds is 5. The summed E-state index contributed by atoms with van der Waals surface area (Å²) in [5, 5.41) is 9.13. The third kappa shape index (κ3) is 2.83.